The number of carboxylic acids is 1. The fraction of sp³-hybridized carbons (Fsp3) is 0.176. The largest absolute Gasteiger partial charge is 0.476 e. The van der Waals surface area contributed by atoms with Crippen LogP contribution in [0.3, 0.4) is 0 Å². The Hall–Kier alpha value is -3.02. The second-order valence-corrected chi connectivity index (χ2v) is 5.41. The first-order chi connectivity index (χ1) is 11.0. The number of imidazole rings is 1. The Labute approximate surface area is 133 Å². The van der Waals surface area contributed by atoms with Crippen LogP contribution in [-0.2, 0) is 0 Å². The number of azo groups is 1. The molecule has 0 aliphatic heterocycles. The molecule has 3 rings (SSSR count). The third-order valence-electron chi connectivity index (χ3n) is 3.71. The van der Waals surface area contributed by atoms with Gasteiger partial charge in [-0.15, -0.1) is 10.2 Å². The van der Waals surface area contributed by atoms with Gasteiger partial charge in [0.25, 0.3) is 0 Å². The molecule has 0 saturated carbocycles. The molecule has 23 heavy (non-hydrogen) atoms. The maximum atomic E-state index is 11.5. The summed E-state index contributed by atoms with van der Waals surface area (Å²) in [5.41, 5.74) is 4.05. The van der Waals surface area contributed by atoms with Gasteiger partial charge >= 0.3 is 5.97 Å². The van der Waals surface area contributed by atoms with E-state index in [9.17, 15) is 9.90 Å². The van der Waals surface area contributed by atoms with Gasteiger partial charge in [0, 0.05) is 6.20 Å². The number of aromatic nitrogens is 2. The van der Waals surface area contributed by atoms with Gasteiger partial charge in [0.05, 0.1) is 5.69 Å². The summed E-state index contributed by atoms with van der Waals surface area (Å²) in [6.45, 7) is 5.76. The standard InChI is InChI=1S/C17H16N4O2/c1-10-6-4-7-11(2)13(10)19-20-16-14(17(22)23)18-15-12(3)8-5-9-21(15)16/h4-9H,1-3H3,(H,22,23). The zero-order valence-corrected chi connectivity index (χ0v) is 13.1. The van der Waals surface area contributed by atoms with Crippen molar-refractivity contribution in [2.75, 3.05) is 0 Å². The van der Waals surface area contributed by atoms with Crippen molar-refractivity contribution in [3.05, 3.63) is 58.9 Å². The summed E-state index contributed by atoms with van der Waals surface area (Å²) in [4.78, 5) is 15.6. The topological polar surface area (TPSA) is 79.3 Å². The Kier molecular flexibility index (Phi) is 3.65. The van der Waals surface area contributed by atoms with Crippen LogP contribution in [0.1, 0.15) is 27.2 Å². The molecule has 0 saturated heterocycles. The van der Waals surface area contributed by atoms with Crippen LogP contribution < -0.4 is 0 Å². The number of carbonyl (C=O) groups is 1. The van der Waals surface area contributed by atoms with Crippen LogP contribution in [0, 0.1) is 20.8 Å². The van der Waals surface area contributed by atoms with Gasteiger partial charge in [-0.2, -0.15) is 0 Å². The van der Waals surface area contributed by atoms with Crippen LogP contribution in [0.5, 0.6) is 0 Å². The highest BCUT2D eigenvalue weighted by atomic mass is 16.4. The van der Waals surface area contributed by atoms with E-state index in [1.54, 1.807) is 10.6 Å². The monoisotopic (exact) mass is 308 g/mol. The van der Waals surface area contributed by atoms with E-state index in [0.717, 1.165) is 22.4 Å². The zero-order valence-electron chi connectivity index (χ0n) is 13.1. The quantitative estimate of drug-likeness (QED) is 0.729. The SMILES string of the molecule is Cc1cccc(C)c1N=Nc1c(C(=O)O)nc2c(C)cccn12. The molecule has 1 N–H and O–H groups in total. The molecule has 0 unspecified atom stereocenters. The average molecular weight is 308 g/mol. The van der Waals surface area contributed by atoms with Crippen molar-refractivity contribution in [1.29, 1.82) is 0 Å². The number of pyridine rings is 1. The van der Waals surface area contributed by atoms with Gasteiger partial charge in [-0.1, -0.05) is 24.3 Å². The summed E-state index contributed by atoms with van der Waals surface area (Å²) in [6, 6.07) is 9.54. The van der Waals surface area contributed by atoms with Crippen molar-refractivity contribution in [2.45, 2.75) is 20.8 Å². The summed E-state index contributed by atoms with van der Waals surface area (Å²) in [6.07, 6.45) is 1.74. The molecule has 3 aromatic rings. The molecule has 0 radical (unpaired) electrons. The summed E-state index contributed by atoms with van der Waals surface area (Å²) >= 11 is 0. The maximum Gasteiger partial charge on any atom is 0.358 e. The zero-order chi connectivity index (χ0) is 16.6. The van der Waals surface area contributed by atoms with Gasteiger partial charge in [-0.3, -0.25) is 4.40 Å². The van der Waals surface area contributed by atoms with Gasteiger partial charge in [0.15, 0.2) is 11.5 Å². The lowest BCUT2D eigenvalue weighted by Crippen LogP contribution is -1.96. The van der Waals surface area contributed by atoms with Crippen LogP contribution in [0.4, 0.5) is 11.5 Å². The highest BCUT2D eigenvalue weighted by Crippen LogP contribution is 2.28. The van der Waals surface area contributed by atoms with Crippen molar-refractivity contribution in [3.8, 4) is 0 Å². The number of carboxylic acid groups (broad SMARTS) is 1. The van der Waals surface area contributed by atoms with E-state index in [0.29, 0.717) is 5.65 Å². The van der Waals surface area contributed by atoms with E-state index in [2.05, 4.69) is 15.2 Å². The lowest BCUT2D eigenvalue weighted by molar-refractivity contribution is 0.0692. The molecule has 0 fully saturated rings. The van der Waals surface area contributed by atoms with Crippen molar-refractivity contribution in [2.24, 2.45) is 10.2 Å². The third-order valence-corrected chi connectivity index (χ3v) is 3.71. The molecule has 0 amide bonds. The smallest absolute Gasteiger partial charge is 0.358 e. The normalized spacial score (nSPS) is 11.4. The number of nitrogens with zero attached hydrogens (tertiary/aromatic N) is 4. The van der Waals surface area contributed by atoms with Gasteiger partial charge in [0.1, 0.15) is 5.65 Å². The van der Waals surface area contributed by atoms with Crippen molar-refractivity contribution >= 4 is 23.1 Å². The minimum atomic E-state index is -1.12. The second-order valence-electron chi connectivity index (χ2n) is 5.41. The molecule has 6 heteroatoms. The van der Waals surface area contributed by atoms with Crippen LogP contribution in [0.15, 0.2) is 46.8 Å². The van der Waals surface area contributed by atoms with Gasteiger partial charge < -0.3 is 5.11 Å². The second kappa shape index (κ2) is 5.64. The number of hydrogen-bond acceptors (Lipinski definition) is 4. The summed E-state index contributed by atoms with van der Waals surface area (Å²) in [5, 5.41) is 17.9. The van der Waals surface area contributed by atoms with Crippen molar-refractivity contribution in [3.63, 3.8) is 0 Å². The fourth-order valence-electron chi connectivity index (χ4n) is 2.49. The average Bonchev–Trinajstić information content (AvgIpc) is 2.87. The van der Waals surface area contributed by atoms with E-state index in [4.69, 9.17) is 0 Å². The molecule has 0 bridgehead atoms. The molecule has 0 aliphatic rings. The summed E-state index contributed by atoms with van der Waals surface area (Å²) < 4.78 is 1.65. The number of fused-ring (bicyclic) bond motifs is 1. The Balaban J connectivity index is 2.20. The molecule has 0 aliphatic carbocycles. The maximum absolute atomic E-state index is 11.5. The lowest BCUT2D eigenvalue weighted by Gasteiger charge is -2.02. The van der Waals surface area contributed by atoms with E-state index in [-0.39, 0.29) is 11.5 Å². The summed E-state index contributed by atoms with van der Waals surface area (Å²) in [5.74, 6) is -0.901. The molecule has 2 heterocycles. The van der Waals surface area contributed by atoms with E-state index in [1.807, 2.05) is 51.1 Å². The highest BCUT2D eigenvalue weighted by molar-refractivity contribution is 5.92. The first-order valence-corrected chi connectivity index (χ1v) is 7.18. The third kappa shape index (κ3) is 2.59. The number of hydrogen-bond donors (Lipinski definition) is 1. The molecule has 0 atom stereocenters. The van der Waals surface area contributed by atoms with Gasteiger partial charge in [0.2, 0.25) is 0 Å². The van der Waals surface area contributed by atoms with Crippen LogP contribution >= 0.6 is 0 Å². The fourth-order valence-corrected chi connectivity index (χ4v) is 2.49. The number of benzene rings is 1. The van der Waals surface area contributed by atoms with Crippen LogP contribution in [0.25, 0.3) is 5.65 Å². The van der Waals surface area contributed by atoms with Crippen LogP contribution in [0.2, 0.25) is 0 Å². The van der Waals surface area contributed by atoms with E-state index in [1.165, 1.54) is 0 Å². The van der Waals surface area contributed by atoms with Crippen molar-refractivity contribution < 1.29 is 9.90 Å². The first kappa shape index (κ1) is 14.9. The number of aryl methyl sites for hydroxylation is 3. The van der Waals surface area contributed by atoms with E-state index < -0.39 is 5.97 Å². The molecular formula is C17H16N4O2. The molecule has 116 valence electrons. The highest BCUT2D eigenvalue weighted by Gasteiger charge is 2.19. The van der Waals surface area contributed by atoms with Gasteiger partial charge in [-0.05, 0) is 43.5 Å². The Morgan fingerprint density at radius 1 is 1.04 bits per heavy atom. The Morgan fingerprint density at radius 3 is 2.35 bits per heavy atom. The van der Waals surface area contributed by atoms with Crippen molar-refractivity contribution in [1.82, 2.24) is 9.38 Å². The number of rotatable bonds is 3. The molecule has 0 spiro atoms. The minimum absolute atomic E-state index is 0.103. The lowest BCUT2D eigenvalue weighted by atomic mass is 10.1. The predicted octanol–water partition coefficient (Wildman–Crippen LogP) is 4.37. The minimum Gasteiger partial charge on any atom is -0.476 e. The van der Waals surface area contributed by atoms with Gasteiger partial charge in [-0.25, -0.2) is 9.78 Å². The Bertz CT molecular complexity index is 921. The Morgan fingerprint density at radius 2 is 1.70 bits per heavy atom. The molecule has 1 aromatic carbocycles. The summed E-state index contributed by atoms with van der Waals surface area (Å²) in [7, 11) is 0. The van der Waals surface area contributed by atoms with Crippen LogP contribution in [-0.4, -0.2) is 20.5 Å². The molecular weight excluding hydrogens is 292 g/mol. The number of aromatic carboxylic acids is 1. The first-order valence-electron chi connectivity index (χ1n) is 7.18. The predicted molar refractivity (Wildman–Crippen MR) is 87.0 cm³/mol. The molecule has 2 aromatic heterocycles. The molecule has 6 nitrogen and oxygen atoms in total. The van der Waals surface area contributed by atoms with E-state index >= 15 is 0 Å².